The minimum absolute atomic E-state index is 0.0252. The van der Waals surface area contributed by atoms with E-state index in [1.165, 1.54) is 31.2 Å². The fourth-order valence-corrected chi connectivity index (χ4v) is 3.79. The summed E-state index contributed by atoms with van der Waals surface area (Å²) in [7, 11) is 0. The normalized spacial score (nSPS) is 12.7. The third-order valence-corrected chi connectivity index (χ3v) is 5.57. The number of carbonyl (C=O) groups is 3. The van der Waals surface area contributed by atoms with Crippen LogP contribution >= 0.6 is 0 Å². The lowest BCUT2D eigenvalue weighted by molar-refractivity contribution is -0.136. The number of amides is 3. The van der Waals surface area contributed by atoms with E-state index in [2.05, 4.69) is 5.32 Å². The zero-order valence-corrected chi connectivity index (χ0v) is 22.1. The van der Waals surface area contributed by atoms with Crippen LogP contribution in [0.15, 0.2) is 84.9 Å². The summed E-state index contributed by atoms with van der Waals surface area (Å²) in [6.45, 7) is 6.50. The Hall–Kier alpha value is -4.20. The second kappa shape index (κ2) is 12.4. The summed E-state index contributed by atoms with van der Waals surface area (Å²) in [4.78, 5) is 41.2. The van der Waals surface area contributed by atoms with Crippen LogP contribution < -0.4 is 5.32 Å². The molecule has 0 spiro atoms. The number of ether oxygens (including phenoxy) is 2. The molecule has 0 bridgehead atoms. The number of nitrogens with zero attached hydrogens (tertiary/aromatic N) is 1. The number of alkyl carbamates (subject to hydrolysis) is 1. The number of benzene rings is 3. The molecule has 3 aromatic rings. The maximum absolute atomic E-state index is 14.1. The van der Waals surface area contributed by atoms with Gasteiger partial charge >= 0.3 is 12.2 Å². The molecule has 0 aliphatic rings. The molecule has 0 radical (unpaired) electrons. The Morgan fingerprint density at radius 2 is 1.34 bits per heavy atom. The Kier molecular flexibility index (Phi) is 9.23. The molecule has 1 atom stereocenters. The first-order valence-corrected chi connectivity index (χ1v) is 12.3. The molecular formula is C30H33FN2O5. The molecule has 3 rings (SSSR count). The molecule has 1 N–H and O–H groups in total. The van der Waals surface area contributed by atoms with E-state index < -0.39 is 35.1 Å². The fourth-order valence-electron chi connectivity index (χ4n) is 3.79. The summed E-state index contributed by atoms with van der Waals surface area (Å²) in [5, 5.41) is 2.65. The molecule has 0 saturated heterocycles. The van der Waals surface area contributed by atoms with Crippen LogP contribution in [-0.4, -0.2) is 34.1 Å². The number of imide groups is 1. The van der Waals surface area contributed by atoms with Gasteiger partial charge in [-0.15, -0.1) is 0 Å². The first-order chi connectivity index (χ1) is 17.9. The second-order valence-electron chi connectivity index (χ2n) is 10.2. The third-order valence-electron chi connectivity index (χ3n) is 5.57. The largest absolute Gasteiger partial charge is 0.444 e. The van der Waals surface area contributed by atoms with E-state index in [0.29, 0.717) is 11.1 Å². The van der Waals surface area contributed by atoms with Gasteiger partial charge in [0.05, 0.1) is 6.54 Å². The van der Waals surface area contributed by atoms with Gasteiger partial charge in [-0.25, -0.2) is 18.9 Å². The van der Waals surface area contributed by atoms with E-state index >= 15 is 0 Å². The maximum atomic E-state index is 14.1. The Bertz CT molecular complexity index is 1230. The van der Waals surface area contributed by atoms with Crippen molar-refractivity contribution in [3.8, 4) is 0 Å². The molecule has 0 heterocycles. The van der Waals surface area contributed by atoms with Gasteiger partial charge in [0.15, 0.2) is 0 Å². The van der Waals surface area contributed by atoms with Crippen molar-refractivity contribution in [3.05, 3.63) is 107 Å². The van der Waals surface area contributed by atoms with Gasteiger partial charge < -0.3 is 14.8 Å². The third kappa shape index (κ3) is 8.44. The van der Waals surface area contributed by atoms with Gasteiger partial charge in [0.25, 0.3) is 5.91 Å². The van der Waals surface area contributed by atoms with Crippen molar-refractivity contribution in [2.24, 2.45) is 0 Å². The zero-order chi connectivity index (χ0) is 27.8. The summed E-state index contributed by atoms with van der Waals surface area (Å²) in [5.74, 6) is -1.13. The minimum Gasteiger partial charge on any atom is -0.444 e. The van der Waals surface area contributed by atoms with Crippen molar-refractivity contribution in [1.29, 1.82) is 0 Å². The first-order valence-electron chi connectivity index (χ1n) is 12.3. The van der Waals surface area contributed by atoms with Crippen molar-refractivity contribution in [1.82, 2.24) is 10.2 Å². The van der Waals surface area contributed by atoms with E-state index in [1.807, 2.05) is 24.3 Å². The lowest BCUT2D eigenvalue weighted by atomic mass is 9.91. The van der Waals surface area contributed by atoms with Crippen LogP contribution in [0.1, 0.15) is 44.4 Å². The van der Waals surface area contributed by atoms with Gasteiger partial charge in [0, 0.05) is 6.42 Å². The first kappa shape index (κ1) is 28.4. The van der Waals surface area contributed by atoms with Crippen molar-refractivity contribution in [2.45, 2.75) is 58.4 Å². The molecule has 0 aromatic heterocycles. The predicted molar refractivity (Wildman–Crippen MR) is 141 cm³/mol. The molecule has 1 unspecified atom stereocenters. The van der Waals surface area contributed by atoms with Crippen LogP contribution in [0.2, 0.25) is 0 Å². The van der Waals surface area contributed by atoms with E-state index in [-0.39, 0.29) is 19.6 Å². The van der Waals surface area contributed by atoms with Crippen LogP contribution in [0.25, 0.3) is 0 Å². The molecule has 3 aromatic carbocycles. The molecule has 0 aliphatic heterocycles. The quantitative estimate of drug-likeness (QED) is 0.393. The SMILES string of the molecule is CC(C)(C)OC(=O)NC(C)(Cc1ccc(F)cc1)C(=O)N(Cc1ccccc1)C(=O)OCc1ccccc1. The number of hydrogen-bond donors (Lipinski definition) is 1. The van der Waals surface area contributed by atoms with E-state index in [0.717, 1.165) is 10.5 Å². The number of carbonyl (C=O) groups excluding carboxylic acids is 3. The van der Waals surface area contributed by atoms with Crippen molar-refractivity contribution in [3.63, 3.8) is 0 Å². The lowest BCUT2D eigenvalue weighted by Gasteiger charge is -2.34. The van der Waals surface area contributed by atoms with Gasteiger partial charge in [-0.3, -0.25) is 4.79 Å². The standard InChI is InChI=1S/C30H33FN2O5/c1-29(2,3)38-27(35)32-30(4,19-22-15-17-25(31)18-16-22)26(34)33(20-23-11-7-5-8-12-23)28(36)37-21-24-13-9-6-10-14-24/h5-18H,19-21H2,1-4H3,(H,32,35). The second-order valence-corrected chi connectivity index (χ2v) is 10.2. The molecular weight excluding hydrogens is 487 g/mol. The van der Waals surface area contributed by atoms with Crippen LogP contribution in [0.5, 0.6) is 0 Å². The van der Waals surface area contributed by atoms with Gasteiger partial charge in [-0.05, 0) is 56.5 Å². The number of nitrogens with one attached hydrogen (secondary N) is 1. The highest BCUT2D eigenvalue weighted by atomic mass is 19.1. The van der Waals surface area contributed by atoms with Gasteiger partial charge in [-0.1, -0.05) is 72.8 Å². The van der Waals surface area contributed by atoms with Gasteiger partial charge in [0.2, 0.25) is 0 Å². The van der Waals surface area contributed by atoms with Gasteiger partial charge in [0.1, 0.15) is 23.6 Å². The number of hydrogen-bond acceptors (Lipinski definition) is 5. The van der Waals surface area contributed by atoms with E-state index in [1.54, 1.807) is 57.2 Å². The Balaban J connectivity index is 1.94. The average molecular weight is 521 g/mol. The minimum atomic E-state index is -1.62. The monoisotopic (exact) mass is 520 g/mol. The summed E-state index contributed by atoms with van der Waals surface area (Å²) in [6, 6.07) is 23.7. The van der Waals surface area contributed by atoms with Crippen LogP contribution in [-0.2, 0) is 33.8 Å². The van der Waals surface area contributed by atoms with Crippen LogP contribution in [0.3, 0.4) is 0 Å². The number of halogens is 1. The maximum Gasteiger partial charge on any atom is 0.417 e. The highest BCUT2D eigenvalue weighted by Gasteiger charge is 2.42. The molecule has 200 valence electrons. The predicted octanol–water partition coefficient (Wildman–Crippen LogP) is 6.02. The fraction of sp³-hybridized carbons (Fsp3) is 0.300. The molecule has 8 heteroatoms. The number of rotatable bonds is 8. The Morgan fingerprint density at radius 1 is 0.789 bits per heavy atom. The Morgan fingerprint density at radius 3 is 1.89 bits per heavy atom. The van der Waals surface area contributed by atoms with E-state index in [4.69, 9.17) is 9.47 Å². The smallest absolute Gasteiger partial charge is 0.417 e. The van der Waals surface area contributed by atoms with Crippen molar-refractivity contribution < 1.29 is 28.2 Å². The van der Waals surface area contributed by atoms with Crippen molar-refractivity contribution in [2.75, 3.05) is 0 Å². The topological polar surface area (TPSA) is 84.9 Å². The van der Waals surface area contributed by atoms with Crippen LogP contribution in [0.4, 0.5) is 14.0 Å². The van der Waals surface area contributed by atoms with Crippen LogP contribution in [0, 0.1) is 5.82 Å². The summed E-state index contributed by atoms with van der Waals surface area (Å²) in [5.41, 5.74) is -0.411. The van der Waals surface area contributed by atoms with Gasteiger partial charge in [-0.2, -0.15) is 0 Å². The van der Waals surface area contributed by atoms with E-state index in [9.17, 15) is 18.8 Å². The summed E-state index contributed by atoms with van der Waals surface area (Å²) in [6.07, 6.45) is -1.71. The molecule has 0 aliphatic carbocycles. The highest BCUT2D eigenvalue weighted by molar-refractivity contribution is 5.99. The van der Waals surface area contributed by atoms with Crippen molar-refractivity contribution >= 4 is 18.1 Å². The summed E-state index contributed by atoms with van der Waals surface area (Å²) >= 11 is 0. The molecule has 0 saturated carbocycles. The average Bonchev–Trinajstić information content (AvgIpc) is 2.87. The molecule has 7 nitrogen and oxygen atoms in total. The Labute approximate surface area is 222 Å². The highest BCUT2D eigenvalue weighted by Crippen LogP contribution is 2.21. The molecule has 0 fully saturated rings. The zero-order valence-electron chi connectivity index (χ0n) is 22.1. The molecule has 38 heavy (non-hydrogen) atoms. The lowest BCUT2D eigenvalue weighted by Crippen LogP contribution is -2.60. The molecule has 3 amide bonds. The summed E-state index contributed by atoms with van der Waals surface area (Å²) < 4.78 is 24.5.